The molecule has 11 heteroatoms. The van der Waals surface area contributed by atoms with E-state index < -0.39 is 67.4 Å². The first kappa shape index (κ1) is 72.6. The minimum absolute atomic E-state index is 0.110. The van der Waals surface area contributed by atoms with E-state index in [0.29, 0.717) is 12.8 Å². The first-order valence-corrected chi connectivity index (χ1v) is 31.5. The number of nitrogens with one attached hydrogen (secondary N) is 1. The number of carbonyl (C=O) groups excluding carboxylic acids is 2. The fraction of sp³-hybridized carbons (Fsp3) is 0.731. The summed E-state index contributed by atoms with van der Waals surface area (Å²) >= 11 is 0. The van der Waals surface area contributed by atoms with Gasteiger partial charge in [-0.1, -0.05) is 240 Å². The number of hydrogen-bond donors (Lipinski definition) is 6. The van der Waals surface area contributed by atoms with Gasteiger partial charge in [0.25, 0.3) is 0 Å². The van der Waals surface area contributed by atoms with E-state index in [4.69, 9.17) is 14.2 Å². The Bertz CT molecular complexity index is 1630. The number of amides is 1. The van der Waals surface area contributed by atoms with E-state index in [0.717, 1.165) is 109 Å². The van der Waals surface area contributed by atoms with Gasteiger partial charge in [-0.05, 0) is 103 Å². The van der Waals surface area contributed by atoms with E-state index in [1.807, 2.05) is 6.08 Å². The number of rotatable bonds is 52. The Balaban J connectivity index is 2.70. The predicted molar refractivity (Wildman–Crippen MR) is 324 cm³/mol. The highest BCUT2D eigenvalue weighted by molar-refractivity contribution is 5.80. The Hall–Kier alpha value is -3.42. The van der Waals surface area contributed by atoms with Crippen LogP contribution < -0.4 is 5.32 Å². The van der Waals surface area contributed by atoms with Crippen LogP contribution in [-0.2, 0) is 23.8 Å². The molecule has 8 unspecified atom stereocenters. The molecule has 0 saturated carbocycles. The molecule has 0 aromatic carbocycles. The van der Waals surface area contributed by atoms with Gasteiger partial charge < -0.3 is 45.1 Å². The van der Waals surface area contributed by atoms with Crippen LogP contribution in [0.4, 0.5) is 0 Å². The number of allylic oxidation sites excluding steroid dienone is 15. The Morgan fingerprint density at radius 2 is 0.923 bits per heavy atom. The molecule has 0 bridgehead atoms. The largest absolute Gasteiger partial charge is 0.454 e. The van der Waals surface area contributed by atoms with Crippen molar-refractivity contribution in [2.75, 3.05) is 13.2 Å². The molecule has 0 radical (unpaired) electrons. The first-order chi connectivity index (χ1) is 38.2. The van der Waals surface area contributed by atoms with Crippen LogP contribution in [0, 0.1) is 0 Å². The molecular weight excluding hydrogens is 979 g/mol. The van der Waals surface area contributed by atoms with Crippen molar-refractivity contribution in [2.24, 2.45) is 0 Å². The minimum atomic E-state index is -1.63. The molecule has 11 nitrogen and oxygen atoms in total. The van der Waals surface area contributed by atoms with Crippen molar-refractivity contribution in [1.82, 2.24) is 5.32 Å². The fourth-order valence-electron chi connectivity index (χ4n) is 9.24. The molecule has 1 saturated heterocycles. The number of ether oxygens (including phenoxy) is 3. The topological polar surface area (TPSA) is 175 Å². The highest BCUT2D eigenvalue weighted by Crippen LogP contribution is 2.26. The average Bonchev–Trinajstić information content (AvgIpc) is 3.44. The van der Waals surface area contributed by atoms with Crippen LogP contribution in [0.15, 0.2) is 97.2 Å². The summed E-state index contributed by atoms with van der Waals surface area (Å²) in [6, 6.07) is -1.05. The second-order valence-electron chi connectivity index (χ2n) is 21.4. The highest BCUT2D eigenvalue weighted by Gasteiger charge is 2.47. The molecule has 448 valence electrons. The summed E-state index contributed by atoms with van der Waals surface area (Å²) in [7, 11) is 0. The fourth-order valence-corrected chi connectivity index (χ4v) is 9.24. The Morgan fingerprint density at radius 1 is 0.513 bits per heavy atom. The monoisotopic (exact) mass is 1090 g/mol. The molecular formula is C67H115NO10. The molecule has 1 amide bonds. The lowest BCUT2D eigenvalue weighted by Crippen LogP contribution is -2.61. The van der Waals surface area contributed by atoms with Crippen molar-refractivity contribution in [3.8, 4) is 0 Å². The van der Waals surface area contributed by atoms with Gasteiger partial charge in [-0.15, -0.1) is 0 Å². The molecule has 1 aliphatic rings. The van der Waals surface area contributed by atoms with Gasteiger partial charge in [0.1, 0.15) is 24.4 Å². The zero-order valence-electron chi connectivity index (χ0n) is 49.5. The van der Waals surface area contributed by atoms with E-state index in [1.54, 1.807) is 6.08 Å². The van der Waals surface area contributed by atoms with Gasteiger partial charge in [0.05, 0.1) is 25.4 Å². The van der Waals surface area contributed by atoms with Gasteiger partial charge in [-0.3, -0.25) is 9.59 Å². The van der Waals surface area contributed by atoms with Crippen LogP contribution in [0.25, 0.3) is 0 Å². The number of esters is 1. The van der Waals surface area contributed by atoms with E-state index in [9.17, 15) is 35.1 Å². The van der Waals surface area contributed by atoms with E-state index >= 15 is 0 Å². The van der Waals surface area contributed by atoms with E-state index in [2.05, 4.69) is 111 Å². The predicted octanol–water partition coefficient (Wildman–Crippen LogP) is 15.1. The quantitative estimate of drug-likeness (QED) is 0.0195. The molecule has 0 spiro atoms. The SMILES string of the molecule is CC/C=C\C/C=C\C/C=C\C/C=C\C/C=C\CCCCC(O)C(=O)NC(COC1OC(CO)C(O)C(O)C1OC(=O)CCCCCCCCCCC/C=C\C/C=C\CCCCC)C(O)/C=C/CCCCCCCCCCCC. The summed E-state index contributed by atoms with van der Waals surface area (Å²) < 4.78 is 17.6. The molecule has 1 rings (SSSR count). The van der Waals surface area contributed by atoms with Crippen LogP contribution in [-0.4, -0.2) is 99.6 Å². The number of carbonyl (C=O) groups is 2. The summed E-state index contributed by atoms with van der Waals surface area (Å²) in [6.07, 6.45) is 61.5. The van der Waals surface area contributed by atoms with Crippen molar-refractivity contribution in [3.63, 3.8) is 0 Å². The summed E-state index contributed by atoms with van der Waals surface area (Å²) in [4.78, 5) is 26.6. The van der Waals surface area contributed by atoms with Crippen molar-refractivity contribution in [2.45, 2.75) is 301 Å². The maximum absolute atomic E-state index is 13.4. The van der Waals surface area contributed by atoms with E-state index in [-0.39, 0.29) is 19.4 Å². The Labute approximate surface area is 475 Å². The standard InChI is InChI=1S/C67H115NO10/c1-4-7-10-13-16-19-22-25-27-29-31-33-35-37-40-43-46-49-52-55-62(72)78-65-64(74)63(73)61(56-69)77-67(65)76-57-58(59(70)53-50-47-44-41-38-24-21-18-15-12-9-6-3)68-66(75)60(71)54-51-48-45-42-39-36-34-32-30-28-26-23-20-17-14-11-8-5-2/h8,11,16-17,19-20,25-28,32,34,39,42,50,53,58-61,63-65,67,69-71,73-74H,4-7,9-10,12-15,18,21-24,29-31,33,35-38,40-41,43-49,51-52,54-57H2,1-3H3,(H,68,75)/b11-8-,19-16-,20-17-,27-25-,28-26-,34-32-,42-39-,53-50+. The van der Waals surface area contributed by atoms with Crippen molar-refractivity contribution >= 4 is 11.9 Å². The maximum atomic E-state index is 13.4. The van der Waals surface area contributed by atoms with Gasteiger partial charge >= 0.3 is 5.97 Å². The lowest BCUT2D eigenvalue weighted by atomic mass is 9.99. The Morgan fingerprint density at radius 3 is 1.41 bits per heavy atom. The van der Waals surface area contributed by atoms with Crippen molar-refractivity contribution in [1.29, 1.82) is 0 Å². The van der Waals surface area contributed by atoms with Crippen molar-refractivity contribution in [3.05, 3.63) is 97.2 Å². The van der Waals surface area contributed by atoms with Crippen LogP contribution >= 0.6 is 0 Å². The van der Waals surface area contributed by atoms with Gasteiger partial charge in [0.15, 0.2) is 12.4 Å². The van der Waals surface area contributed by atoms with Gasteiger partial charge in [0, 0.05) is 6.42 Å². The second-order valence-corrected chi connectivity index (χ2v) is 21.4. The molecule has 78 heavy (non-hydrogen) atoms. The first-order valence-electron chi connectivity index (χ1n) is 31.5. The Kier molecular flexibility index (Phi) is 50.4. The van der Waals surface area contributed by atoms with Gasteiger partial charge in [0.2, 0.25) is 5.91 Å². The smallest absolute Gasteiger partial charge is 0.306 e. The molecule has 1 aliphatic heterocycles. The molecule has 0 aromatic heterocycles. The van der Waals surface area contributed by atoms with Crippen LogP contribution in [0.5, 0.6) is 0 Å². The van der Waals surface area contributed by atoms with Crippen molar-refractivity contribution < 1.29 is 49.3 Å². The highest BCUT2D eigenvalue weighted by atomic mass is 16.7. The maximum Gasteiger partial charge on any atom is 0.306 e. The third-order valence-electron chi connectivity index (χ3n) is 14.2. The molecule has 8 atom stereocenters. The molecule has 1 heterocycles. The van der Waals surface area contributed by atoms with Crippen LogP contribution in [0.2, 0.25) is 0 Å². The third kappa shape index (κ3) is 41.6. The van der Waals surface area contributed by atoms with Crippen LogP contribution in [0.1, 0.15) is 252 Å². The average molecular weight is 1090 g/mol. The number of hydrogen-bond acceptors (Lipinski definition) is 10. The normalized spacial score (nSPS) is 19.6. The minimum Gasteiger partial charge on any atom is -0.454 e. The number of aliphatic hydroxyl groups is 5. The summed E-state index contributed by atoms with van der Waals surface area (Å²) in [6.45, 7) is 5.62. The second kappa shape index (κ2) is 54.2. The molecule has 0 aliphatic carbocycles. The summed E-state index contributed by atoms with van der Waals surface area (Å²) in [5, 5.41) is 57.0. The third-order valence-corrected chi connectivity index (χ3v) is 14.2. The number of unbranched alkanes of at least 4 members (excludes halogenated alkanes) is 24. The zero-order chi connectivity index (χ0) is 56.8. The zero-order valence-corrected chi connectivity index (χ0v) is 49.5. The van der Waals surface area contributed by atoms with Gasteiger partial charge in [-0.25, -0.2) is 0 Å². The number of aliphatic hydroxyl groups excluding tert-OH is 5. The lowest BCUT2D eigenvalue weighted by Gasteiger charge is -2.41. The lowest BCUT2D eigenvalue weighted by molar-refractivity contribution is -0.305. The molecule has 6 N–H and O–H groups in total. The molecule has 1 fully saturated rings. The molecule has 0 aromatic rings. The van der Waals surface area contributed by atoms with Crippen LogP contribution in [0.3, 0.4) is 0 Å². The van der Waals surface area contributed by atoms with Gasteiger partial charge in [-0.2, -0.15) is 0 Å². The summed E-state index contributed by atoms with van der Waals surface area (Å²) in [5.41, 5.74) is 0. The summed E-state index contributed by atoms with van der Waals surface area (Å²) in [5.74, 6) is -1.24. The van der Waals surface area contributed by atoms with E-state index in [1.165, 1.54) is 96.3 Å².